The highest BCUT2D eigenvalue weighted by atomic mass is 19.4. The summed E-state index contributed by atoms with van der Waals surface area (Å²) in [5.41, 5.74) is -2.23. The number of hydrogen-bond acceptors (Lipinski definition) is 2. The van der Waals surface area contributed by atoms with E-state index in [2.05, 4.69) is 168 Å². The predicted molar refractivity (Wildman–Crippen MR) is 498 cm³/mol. The normalized spacial score (nSPS) is 13.6. The van der Waals surface area contributed by atoms with Crippen molar-refractivity contribution < 1.29 is 52.7 Å². The van der Waals surface area contributed by atoms with E-state index in [1.165, 1.54) is 24.3 Å². The lowest BCUT2D eigenvalue weighted by atomic mass is 9.72. The van der Waals surface area contributed by atoms with Gasteiger partial charge in [-0.15, -0.1) is 0 Å². The zero-order chi connectivity index (χ0) is 93.1. The highest BCUT2D eigenvalue weighted by Gasteiger charge is 2.46. The molecule has 0 fully saturated rings. The van der Waals surface area contributed by atoms with Crippen molar-refractivity contribution in [3.63, 3.8) is 0 Å². The second kappa shape index (κ2) is 29.8. The minimum atomic E-state index is -5.32. The molecule has 12 aromatic carbocycles. The monoisotopic (exact) mass is 1740 g/mol. The van der Waals surface area contributed by atoms with Gasteiger partial charge < -0.3 is 18.3 Å². The molecule has 0 aliphatic rings. The van der Waals surface area contributed by atoms with Crippen LogP contribution in [0.3, 0.4) is 0 Å². The summed E-state index contributed by atoms with van der Waals surface area (Å²) in [6, 6.07) is 62.1. The van der Waals surface area contributed by atoms with Crippen LogP contribution in [-0.2, 0) is 68.0 Å². The second-order valence-electron chi connectivity index (χ2n) is 42.3. The van der Waals surface area contributed by atoms with Crippen LogP contribution in [0.2, 0.25) is 0 Å². The van der Waals surface area contributed by atoms with Crippen molar-refractivity contribution in [1.82, 2.24) is 18.3 Å². The fourth-order valence-electron chi connectivity index (χ4n) is 18.9. The molecule has 0 atom stereocenters. The summed E-state index contributed by atoms with van der Waals surface area (Å²) < 4.78 is 199. The molecule has 128 heavy (non-hydrogen) atoms. The van der Waals surface area contributed by atoms with Crippen molar-refractivity contribution in [3.05, 3.63) is 284 Å². The SMILES string of the molecule is CC(C)(C)c1ccc2c(c1)c1cc(C(C)(C)CCC(C)(C)c3ccc4c5ccc(C(C)(C)C)cc5n(-c5c(-c6c(C(F)(F)F)cccc6C(F)(F)F)ccc(-n6c7cc(C(C)(C)C)ccc7c7ccc(C(C)(C)C)cc76)c5C#N)c4c3)ccc1n2-c1ccc(-c2c(C(F)(F)F)cccc2C(F)(F)F)c(-n2c3ccc(C(C)(C)C)cc3c3cc(C(C)(C)C)ccc32)c1C#N. The first kappa shape index (κ1) is 89.4. The number of rotatable bonds is 11. The van der Waals surface area contributed by atoms with Crippen LogP contribution in [-0.4, -0.2) is 18.3 Å². The number of benzene rings is 12. The van der Waals surface area contributed by atoms with E-state index in [-0.39, 0.29) is 33.9 Å². The van der Waals surface area contributed by atoms with Gasteiger partial charge in [-0.3, -0.25) is 0 Å². The first-order valence-corrected chi connectivity index (χ1v) is 43.3. The van der Waals surface area contributed by atoms with Crippen LogP contribution in [0.15, 0.2) is 206 Å². The Morgan fingerprint density at radius 1 is 0.234 bits per heavy atom. The van der Waals surface area contributed by atoms with E-state index in [0.717, 1.165) is 78.2 Å². The molecule has 0 aliphatic carbocycles. The summed E-state index contributed by atoms with van der Waals surface area (Å²) in [4.78, 5) is 0. The fourth-order valence-corrected chi connectivity index (χ4v) is 18.9. The number of halogens is 12. The summed E-state index contributed by atoms with van der Waals surface area (Å²) in [6.07, 6.45) is -20.3. The minimum Gasteiger partial charge on any atom is -0.308 e. The van der Waals surface area contributed by atoms with E-state index in [4.69, 9.17) is 0 Å². The van der Waals surface area contributed by atoms with Crippen LogP contribution in [0.25, 0.3) is 132 Å². The zero-order valence-electron chi connectivity index (χ0n) is 76.3. The van der Waals surface area contributed by atoms with Crippen molar-refractivity contribution in [2.45, 2.75) is 233 Å². The topological polar surface area (TPSA) is 67.3 Å². The van der Waals surface area contributed by atoms with E-state index in [1.54, 1.807) is 9.13 Å². The highest BCUT2D eigenvalue weighted by molar-refractivity contribution is 6.15. The van der Waals surface area contributed by atoms with Crippen LogP contribution in [0.5, 0.6) is 0 Å². The summed E-state index contributed by atoms with van der Waals surface area (Å²) in [5, 5.41) is 30.3. The van der Waals surface area contributed by atoms with E-state index < -0.39 is 113 Å². The van der Waals surface area contributed by atoms with Crippen LogP contribution in [0.1, 0.15) is 243 Å². The second-order valence-corrected chi connectivity index (χ2v) is 42.3. The number of nitriles is 2. The van der Waals surface area contributed by atoms with Gasteiger partial charge >= 0.3 is 24.7 Å². The molecule has 0 N–H and O–H groups in total. The van der Waals surface area contributed by atoms with E-state index in [9.17, 15) is 10.5 Å². The number of alkyl halides is 12. The Bertz CT molecular complexity index is 7170. The van der Waals surface area contributed by atoms with E-state index in [0.29, 0.717) is 103 Å². The summed E-state index contributed by atoms with van der Waals surface area (Å²) in [6.45, 7) is 45.5. The molecule has 0 spiro atoms. The van der Waals surface area contributed by atoms with Crippen molar-refractivity contribution in [1.29, 1.82) is 10.5 Å². The first-order valence-electron chi connectivity index (χ1n) is 43.3. The maximum atomic E-state index is 16.1. The van der Waals surface area contributed by atoms with Crippen LogP contribution < -0.4 is 0 Å². The van der Waals surface area contributed by atoms with Gasteiger partial charge in [0.25, 0.3) is 0 Å². The smallest absolute Gasteiger partial charge is 0.308 e. The molecular formula is C110H104F12N6. The van der Waals surface area contributed by atoms with Gasteiger partial charge in [-0.05, 0) is 210 Å². The molecule has 18 heteroatoms. The number of nitrogens with zero attached hydrogens (tertiary/aromatic N) is 6. The molecule has 16 rings (SSSR count). The lowest BCUT2D eigenvalue weighted by Crippen LogP contribution is -2.24. The molecule has 6 nitrogen and oxygen atoms in total. The molecule has 0 saturated carbocycles. The molecule has 658 valence electrons. The molecule has 4 heterocycles. The van der Waals surface area contributed by atoms with E-state index >= 15 is 52.7 Å². The Balaban J connectivity index is 0.900. The number of hydrogen-bond donors (Lipinski definition) is 0. The third-order valence-corrected chi connectivity index (χ3v) is 26.6. The maximum absolute atomic E-state index is 16.1. The average Bonchev–Trinajstić information content (AvgIpc) is 1.55. The molecule has 4 aromatic heterocycles. The van der Waals surface area contributed by atoms with Gasteiger partial charge in [-0.1, -0.05) is 249 Å². The van der Waals surface area contributed by atoms with Crippen molar-refractivity contribution >= 4 is 87.2 Å². The zero-order valence-corrected chi connectivity index (χ0v) is 76.3. The molecule has 16 aromatic rings. The molecule has 0 amide bonds. The fraction of sp³-hybridized carbons (Fsp3) is 0.327. The Hall–Kier alpha value is -12.0. The molecule has 0 saturated heterocycles. The summed E-state index contributed by atoms with van der Waals surface area (Å²) in [5.74, 6) is 0. The van der Waals surface area contributed by atoms with Gasteiger partial charge in [-0.25, -0.2) is 0 Å². The van der Waals surface area contributed by atoms with Crippen LogP contribution >= 0.6 is 0 Å². The van der Waals surface area contributed by atoms with Gasteiger partial charge in [0.15, 0.2) is 0 Å². The van der Waals surface area contributed by atoms with Crippen molar-refractivity contribution in [2.24, 2.45) is 0 Å². The van der Waals surface area contributed by atoms with Gasteiger partial charge in [0, 0.05) is 65.3 Å². The van der Waals surface area contributed by atoms with E-state index in [1.807, 2.05) is 151 Å². The Kier molecular flexibility index (Phi) is 20.8. The van der Waals surface area contributed by atoms with Gasteiger partial charge in [0.05, 0.1) is 89.1 Å². The first-order chi connectivity index (χ1) is 59.2. The lowest BCUT2D eigenvalue weighted by molar-refractivity contribution is -0.143. The molecule has 0 aliphatic heterocycles. The van der Waals surface area contributed by atoms with Gasteiger partial charge in [0.2, 0.25) is 0 Å². The Morgan fingerprint density at radius 2 is 0.453 bits per heavy atom. The molecular weight excluding hydrogens is 1630 g/mol. The largest absolute Gasteiger partial charge is 0.417 e. The molecule has 0 bridgehead atoms. The molecule has 0 radical (unpaired) electrons. The molecule has 0 unspecified atom stereocenters. The van der Waals surface area contributed by atoms with Crippen molar-refractivity contribution in [2.75, 3.05) is 0 Å². The minimum absolute atomic E-state index is 0.180. The highest BCUT2D eigenvalue weighted by Crippen LogP contribution is 2.55. The van der Waals surface area contributed by atoms with Crippen LogP contribution in [0.4, 0.5) is 52.7 Å². The summed E-state index contributed by atoms with van der Waals surface area (Å²) in [7, 11) is 0. The number of aromatic nitrogens is 4. The quantitative estimate of drug-likeness (QED) is 0.121. The number of fused-ring (bicyclic) bond motifs is 12. The average molecular weight is 1740 g/mol. The standard InChI is InChI=1S/C110H104F12N6/c1-99(2,3)61-33-43-85-75(51-61)78-54-67(36-46-86(78)125(85)89-47-41-73(95-81(107(111,112)113)25-23-26-82(95)108(114,115)116)97(79(89)59-123)127-87-44-34-62(100(4,5)6)52-76(87)77-53-63(101(7,8)9)35-45-88(77)127)105(19,20)49-50-106(21,22)68-32-40-72-71-39-31-66(104(16,17)18)57-93(71)128(94(72)58-68)98-74(96-83(109(117,118)119)27-24-28-84(96)110(120,121)122)42-48-90(80(98)60-124)126-91-55-64(102(10,11)12)29-37-69(91)70-38-30-65(56-92(70)126)103(13,14)15/h23-48,51-58H,49-50H2,1-22H3. The third kappa shape index (κ3) is 15.2. The lowest BCUT2D eigenvalue weighted by Gasteiger charge is -2.32. The van der Waals surface area contributed by atoms with Gasteiger partial charge in [-0.2, -0.15) is 63.2 Å². The van der Waals surface area contributed by atoms with Crippen LogP contribution in [0, 0.1) is 22.7 Å². The van der Waals surface area contributed by atoms with Crippen molar-refractivity contribution in [3.8, 4) is 57.1 Å². The Morgan fingerprint density at radius 3 is 0.734 bits per heavy atom. The predicted octanol–water partition coefficient (Wildman–Crippen LogP) is 33.0. The summed E-state index contributed by atoms with van der Waals surface area (Å²) >= 11 is 0. The Labute approximate surface area is 739 Å². The van der Waals surface area contributed by atoms with Gasteiger partial charge in [0.1, 0.15) is 23.3 Å². The maximum Gasteiger partial charge on any atom is 0.417 e. The third-order valence-electron chi connectivity index (χ3n) is 26.6.